The summed E-state index contributed by atoms with van der Waals surface area (Å²) in [7, 11) is 0. The van der Waals surface area contributed by atoms with Crippen LogP contribution in [0.4, 0.5) is 0 Å². The van der Waals surface area contributed by atoms with Crippen molar-refractivity contribution in [3.05, 3.63) is 17.5 Å². The molecule has 1 aromatic heterocycles. The summed E-state index contributed by atoms with van der Waals surface area (Å²) in [6.45, 7) is 4.95. The molecule has 0 aromatic carbocycles. The lowest BCUT2D eigenvalue weighted by Crippen LogP contribution is -2.26. The number of hydrogen-bond donors (Lipinski definition) is 1. The standard InChI is InChI=1S/C11H12N2O3/c1-5-11(3,4)16-10-12-6-8(9(14)15)7(2)13-10/h1,6H,2-4H3,(H,14,15). The van der Waals surface area contributed by atoms with Gasteiger partial charge in [0.25, 0.3) is 0 Å². The molecule has 1 rings (SSSR count). The number of aromatic carboxylic acids is 1. The van der Waals surface area contributed by atoms with Crippen LogP contribution in [0.1, 0.15) is 29.9 Å². The van der Waals surface area contributed by atoms with E-state index in [2.05, 4.69) is 15.9 Å². The van der Waals surface area contributed by atoms with Crippen LogP contribution < -0.4 is 4.74 Å². The molecule has 0 radical (unpaired) electrons. The van der Waals surface area contributed by atoms with Gasteiger partial charge in [0.1, 0.15) is 0 Å². The van der Waals surface area contributed by atoms with Crippen molar-refractivity contribution in [2.75, 3.05) is 0 Å². The lowest BCUT2D eigenvalue weighted by Gasteiger charge is -2.18. The van der Waals surface area contributed by atoms with E-state index in [9.17, 15) is 4.79 Å². The Kier molecular flexibility index (Phi) is 3.14. The number of aromatic nitrogens is 2. The molecular formula is C11H12N2O3. The van der Waals surface area contributed by atoms with Crippen LogP contribution in [0, 0.1) is 19.3 Å². The average molecular weight is 220 g/mol. The lowest BCUT2D eigenvalue weighted by molar-refractivity contribution is 0.0694. The predicted octanol–water partition coefficient (Wildman–Crippen LogP) is 1.27. The number of hydrogen-bond acceptors (Lipinski definition) is 4. The zero-order chi connectivity index (χ0) is 12.3. The molecule has 0 bridgehead atoms. The minimum Gasteiger partial charge on any atom is -0.478 e. The Morgan fingerprint density at radius 1 is 1.62 bits per heavy atom. The number of terminal acetylenes is 1. The Morgan fingerprint density at radius 2 is 2.25 bits per heavy atom. The summed E-state index contributed by atoms with van der Waals surface area (Å²) in [5.41, 5.74) is -0.437. The molecular weight excluding hydrogens is 208 g/mol. The van der Waals surface area contributed by atoms with Crippen LogP contribution in [0.25, 0.3) is 0 Å². The Labute approximate surface area is 93.5 Å². The van der Waals surface area contributed by atoms with Gasteiger partial charge in [-0.05, 0) is 20.8 Å². The monoisotopic (exact) mass is 220 g/mol. The van der Waals surface area contributed by atoms with Crippen LogP contribution in [0.2, 0.25) is 0 Å². The summed E-state index contributed by atoms with van der Waals surface area (Å²) in [6.07, 6.45) is 6.45. The molecule has 5 nitrogen and oxygen atoms in total. The van der Waals surface area contributed by atoms with Crippen LogP contribution in [-0.2, 0) is 0 Å². The van der Waals surface area contributed by atoms with Crippen LogP contribution >= 0.6 is 0 Å². The maximum Gasteiger partial charge on any atom is 0.339 e. The quantitative estimate of drug-likeness (QED) is 0.777. The van der Waals surface area contributed by atoms with Gasteiger partial charge in [-0.3, -0.25) is 0 Å². The van der Waals surface area contributed by atoms with Crippen molar-refractivity contribution in [1.82, 2.24) is 9.97 Å². The molecule has 0 saturated heterocycles. The molecule has 0 fully saturated rings. The second-order valence-electron chi connectivity index (χ2n) is 3.71. The molecule has 84 valence electrons. The molecule has 0 unspecified atom stereocenters. The van der Waals surface area contributed by atoms with Crippen LogP contribution in [0.15, 0.2) is 6.20 Å². The van der Waals surface area contributed by atoms with Crippen LogP contribution in [0.5, 0.6) is 6.01 Å². The van der Waals surface area contributed by atoms with Gasteiger partial charge in [-0.2, -0.15) is 4.98 Å². The van der Waals surface area contributed by atoms with Gasteiger partial charge in [-0.1, -0.05) is 5.92 Å². The van der Waals surface area contributed by atoms with Crippen molar-refractivity contribution in [3.63, 3.8) is 0 Å². The average Bonchev–Trinajstić information content (AvgIpc) is 2.16. The van der Waals surface area contributed by atoms with Gasteiger partial charge >= 0.3 is 12.0 Å². The highest BCUT2D eigenvalue weighted by Gasteiger charge is 2.18. The first kappa shape index (κ1) is 12.0. The highest BCUT2D eigenvalue weighted by molar-refractivity contribution is 5.88. The molecule has 5 heteroatoms. The Hall–Kier alpha value is -2.09. The fraction of sp³-hybridized carbons (Fsp3) is 0.364. The van der Waals surface area contributed by atoms with E-state index >= 15 is 0 Å². The first-order chi connectivity index (χ1) is 7.35. The second kappa shape index (κ2) is 4.19. The zero-order valence-electron chi connectivity index (χ0n) is 9.31. The number of nitrogens with zero attached hydrogens (tertiary/aromatic N) is 2. The Morgan fingerprint density at radius 3 is 2.69 bits per heavy atom. The van der Waals surface area contributed by atoms with E-state index in [4.69, 9.17) is 16.3 Å². The maximum atomic E-state index is 10.7. The third-order valence-electron chi connectivity index (χ3n) is 1.88. The molecule has 1 heterocycles. The summed E-state index contributed by atoms with van der Waals surface area (Å²) in [5.74, 6) is 1.36. The number of rotatable bonds is 3. The first-order valence-corrected chi connectivity index (χ1v) is 4.59. The van der Waals surface area contributed by atoms with Gasteiger partial charge in [0.15, 0.2) is 5.60 Å². The number of carboxylic acid groups (broad SMARTS) is 1. The van der Waals surface area contributed by atoms with Crippen molar-refractivity contribution in [2.45, 2.75) is 26.4 Å². The SMILES string of the molecule is C#CC(C)(C)Oc1ncc(C(=O)O)c(C)n1. The molecule has 0 atom stereocenters. The molecule has 16 heavy (non-hydrogen) atoms. The van der Waals surface area contributed by atoms with E-state index in [1.807, 2.05) is 0 Å². The number of ether oxygens (including phenoxy) is 1. The number of carboxylic acids is 1. The smallest absolute Gasteiger partial charge is 0.339 e. The third-order valence-corrected chi connectivity index (χ3v) is 1.88. The van der Waals surface area contributed by atoms with Gasteiger partial charge in [0, 0.05) is 6.20 Å². The second-order valence-corrected chi connectivity index (χ2v) is 3.71. The van der Waals surface area contributed by atoms with Gasteiger partial charge in [-0.25, -0.2) is 9.78 Å². The Bertz CT molecular complexity index is 461. The van der Waals surface area contributed by atoms with Gasteiger partial charge < -0.3 is 9.84 Å². The van der Waals surface area contributed by atoms with Gasteiger partial charge in [0.2, 0.25) is 0 Å². The van der Waals surface area contributed by atoms with E-state index in [0.717, 1.165) is 0 Å². The minimum atomic E-state index is -1.07. The minimum absolute atomic E-state index is 0.0471. The molecule has 0 aliphatic rings. The normalized spacial score (nSPS) is 10.6. The van der Waals surface area contributed by atoms with Crippen molar-refractivity contribution in [2.24, 2.45) is 0 Å². The molecule has 0 spiro atoms. The van der Waals surface area contributed by atoms with E-state index in [-0.39, 0.29) is 11.6 Å². The summed E-state index contributed by atoms with van der Waals surface area (Å²) >= 11 is 0. The summed E-state index contributed by atoms with van der Waals surface area (Å²) in [4.78, 5) is 18.4. The van der Waals surface area contributed by atoms with Gasteiger partial charge in [-0.15, -0.1) is 6.42 Å². The van der Waals surface area contributed by atoms with Crippen LogP contribution in [0.3, 0.4) is 0 Å². The lowest BCUT2D eigenvalue weighted by atomic mass is 10.1. The summed E-state index contributed by atoms with van der Waals surface area (Å²) < 4.78 is 5.32. The predicted molar refractivity (Wildman–Crippen MR) is 57.3 cm³/mol. The topological polar surface area (TPSA) is 72.3 Å². The fourth-order valence-corrected chi connectivity index (χ4v) is 0.963. The third kappa shape index (κ3) is 2.70. The first-order valence-electron chi connectivity index (χ1n) is 4.59. The summed E-state index contributed by atoms with van der Waals surface area (Å²) in [5, 5.41) is 8.78. The number of aryl methyl sites for hydroxylation is 1. The highest BCUT2D eigenvalue weighted by atomic mass is 16.5. The summed E-state index contributed by atoms with van der Waals surface area (Å²) in [6, 6.07) is 0.0745. The highest BCUT2D eigenvalue weighted by Crippen LogP contribution is 2.14. The van der Waals surface area contributed by atoms with E-state index < -0.39 is 11.6 Å². The molecule has 0 aliphatic heterocycles. The molecule has 1 N–H and O–H groups in total. The van der Waals surface area contributed by atoms with E-state index in [1.165, 1.54) is 6.20 Å². The number of carbonyl (C=O) groups is 1. The van der Waals surface area contributed by atoms with Crippen molar-refractivity contribution in [3.8, 4) is 18.4 Å². The fourth-order valence-electron chi connectivity index (χ4n) is 0.963. The van der Waals surface area contributed by atoms with Crippen molar-refractivity contribution < 1.29 is 14.6 Å². The molecule has 0 saturated carbocycles. The maximum absolute atomic E-state index is 10.7. The molecule has 0 amide bonds. The van der Waals surface area contributed by atoms with Crippen molar-refractivity contribution >= 4 is 5.97 Å². The molecule has 1 aromatic rings. The van der Waals surface area contributed by atoms with E-state index in [0.29, 0.717) is 5.69 Å². The van der Waals surface area contributed by atoms with E-state index in [1.54, 1.807) is 20.8 Å². The zero-order valence-corrected chi connectivity index (χ0v) is 9.31. The van der Waals surface area contributed by atoms with Crippen molar-refractivity contribution in [1.29, 1.82) is 0 Å². The van der Waals surface area contributed by atoms with Crippen LogP contribution in [-0.4, -0.2) is 26.6 Å². The Balaban J connectivity index is 2.99. The largest absolute Gasteiger partial charge is 0.478 e. The van der Waals surface area contributed by atoms with Gasteiger partial charge in [0.05, 0.1) is 11.3 Å². The molecule has 0 aliphatic carbocycles.